The van der Waals surface area contributed by atoms with Gasteiger partial charge in [-0.1, -0.05) is 30.3 Å². The molecule has 28 heavy (non-hydrogen) atoms. The molecule has 0 radical (unpaired) electrons. The van der Waals surface area contributed by atoms with Gasteiger partial charge in [0, 0.05) is 13.1 Å². The number of carbonyl (C=O) groups excluding carboxylic acids is 1. The van der Waals surface area contributed by atoms with Crippen molar-refractivity contribution >= 4 is 17.3 Å². The first-order valence-electron chi connectivity index (χ1n) is 9.02. The number of alkyl halides is 3. The number of anilines is 2. The highest BCUT2D eigenvalue weighted by molar-refractivity contribution is 5.97. The van der Waals surface area contributed by atoms with Crippen LogP contribution in [-0.4, -0.2) is 24.7 Å². The number of rotatable bonds is 6. The normalized spacial score (nSPS) is 19.4. The summed E-state index contributed by atoms with van der Waals surface area (Å²) in [7, 11) is 0. The Hall–Kier alpha value is -2.58. The molecule has 8 heteroatoms. The van der Waals surface area contributed by atoms with E-state index in [0.717, 1.165) is 17.7 Å². The monoisotopic (exact) mass is 393 g/mol. The highest BCUT2D eigenvalue weighted by Gasteiger charge is 2.33. The second-order valence-electron chi connectivity index (χ2n) is 6.65. The highest BCUT2D eigenvalue weighted by Crippen LogP contribution is 2.34. The zero-order valence-corrected chi connectivity index (χ0v) is 15.1. The molecule has 1 amide bonds. The van der Waals surface area contributed by atoms with Crippen molar-refractivity contribution in [2.75, 3.05) is 17.2 Å². The first-order chi connectivity index (χ1) is 13.4. The second-order valence-corrected chi connectivity index (χ2v) is 6.65. The molecule has 1 saturated heterocycles. The minimum absolute atomic E-state index is 0.0653. The van der Waals surface area contributed by atoms with Gasteiger partial charge in [0.1, 0.15) is 6.10 Å². The molecule has 1 fully saturated rings. The summed E-state index contributed by atoms with van der Waals surface area (Å²) in [6.07, 6.45) is -4.29. The number of benzene rings is 2. The topological polar surface area (TPSA) is 76.4 Å². The number of hydrogen-bond acceptors (Lipinski definition) is 4. The standard InChI is InChI=1S/C20H22F3N3O2/c21-20(22,23)14-6-8-16(25-12-13-4-2-1-3-5-13)17(10-14)26-19(27)18-9-7-15(11-24)28-18/h1-6,8,10,15,18,25H,7,9,11-12,24H2,(H,26,27)/t15-,18+/m1/s1. The summed E-state index contributed by atoms with van der Waals surface area (Å²) in [5.74, 6) is -0.474. The molecule has 2 atom stereocenters. The van der Waals surface area contributed by atoms with E-state index in [0.29, 0.717) is 31.6 Å². The number of halogens is 3. The van der Waals surface area contributed by atoms with Crippen LogP contribution in [0, 0.1) is 0 Å². The maximum Gasteiger partial charge on any atom is 0.416 e. The Balaban J connectivity index is 1.78. The maximum absolute atomic E-state index is 13.1. The van der Waals surface area contributed by atoms with Crippen molar-refractivity contribution in [3.05, 3.63) is 59.7 Å². The van der Waals surface area contributed by atoms with Gasteiger partial charge in [0.2, 0.25) is 0 Å². The Kier molecular flexibility index (Phi) is 6.21. The summed E-state index contributed by atoms with van der Waals surface area (Å²) in [5, 5.41) is 5.66. The predicted molar refractivity (Wildman–Crippen MR) is 101 cm³/mol. The van der Waals surface area contributed by atoms with Crippen molar-refractivity contribution in [3.8, 4) is 0 Å². The van der Waals surface area contributed by atoms with E-state index >= 15 is 0 Å². The van der Waals surface area contributed by atoms with Gasteiger partial charge in [-0.15, -0.1) is 0 Å². The van der Waals surface area contributed by atoms with Crippen molar-refractivity contribution in [1.29, 1.82) is 0 Å². The third-order valence-corrected chi connectivity index (χ3v) is 4.59. The van der Waals surface area contributed by atoms with Gasteiger partial charge in [0.05, 0.1) is 23.0 Å². The summed E-state index contributed by atoms with van der Waals surface area (Å²) < 4.78 is 44.9. The predicted octanol–water partition coefficient (Wildman–Crippen LogP) is 3.76. The van der Waals surface area contributed by atoms with E-state index in [1.165, 1.54) is 6.07 Å². The van der Waals surface area contributed by atoms with Gasteiger partial charge in [-0.05, 0) is 36.6 Å². The van der Waals surface area contributed by atoms with E-state index in [-0.39, 0.29) is 11.8 Å². The van der Waals surface area contributed by atoms with Crippen molar-refractivity contribution in [2.24, 2.45) is 5.73 Å². The van der Waals surface area contributed by atoms with Gasteiger partial charge < -0.3 is 21.1 Å². The van der Waals surface area contributed by atoms with E-state index < -0.39 is 23.8 Å². The third-order valence-electron chi connectivity index (χ3n) is 4.59. The maximum atomic E-state index is 13.1. The molecule has 0 aromatic heterocycles. The Morgan fingerprint density at radius 2 is 1.86 bits per heavy atom. The zero-order chi connectivity index (χ0) is 20.1. The molecule has 5 nitrogen and oxygen atoms in total. The van der Waals surface area contributed by atoms with E-state index in [4.69, 9.17) is 10.5 Å². The molecule has 4 N–H and O–H groups in total. The van der Waals surface area contributed by atoms with Crippen molar-refractivity contribution in [2.45, 2.75) is 37.8 Å². The van der Waals surface area contributed by atoms with Gasteiger partial charge in [-0.25, -0.2) is 0 Å². The van der Waals surface area contributed by atoms with Crippen LogP contribution in [0.25, 0.3) is 0 Å². The SMILES string of the molecule is NC[C@H]1CC[C@@H](C(=O)Nc2cc(C(F)(F)F)ccc2NCc2ccccc2)O1. The van der Waals surface area contributed by atoms with Crippen LogP contribution in [0.2, 0.25) is 0 Å². The number of nitrogens with two attached hydrogens (primary N) is 1. The lowest BCUT2D eigenvalue weighted by atomic mass is 10.1. The first kappa shape index (κ1) is 20.2. The van der Waals surface area contributed by atoms with Crippen LogP contribution in [0.15, 0.2) is 48.5 Å². The first-order valence-corrected chi connectivity index (χ1v) is 9.02. The van der Waals surface area contributed by atoms with E-state index in [1.807, 2.05) is 30.3 Å². The van der Waals surface area contributed by atoms with Crippen LogP contribution >= 0.6 is 0 Å². The lowest BCUT2D eigenvalue weighted by Gasteiger charge is -2.18. The highest BCUT2D eigenvalue weighted by atomic mass is 19.4. The molecule has 3 rings (SSSR count). The number of ether oxygens (including phenoxy) is 1. The number of carbonyl (C=O) groups is 1. The molecule has 0 aliphatic carbocycles. The lowest BCUT2D eigenvalue weighted by molar-refractivity contribution is -0.137. The smallest absolute Gasteiger partial charge is 0.379 e. The van der Waals surface area contributed by atoms with Gasteiger partial charge in [-0.3, -0.25) is 4.79 Å². The van der Waals surface area contributed by atoms with Crippen LogP contribution in [0.5, 0.6) is 0 Å². The summed E-state index contributed by atoms with van der Waals surface area (Å²) in [6.45, 7) is 0.710. The average molecular weight is 393 g/mol. The molecule has 0 spiro atoms. The average Bonchev–Trinajstić information content (AvgIpc) is 3.16. The van der Waals surface area contributed by atoms with Crippen molar-refractivity contribution < 1.29 is 22.7 Å². The second kappa shape index (κ2) is 8.62. The van der Waals surface area contributed by atoms with Gasteiger partial charge in [0.25, 0.3) is 5.91 Å². The van der Waals surface area contributed by atoms with Crippen molar-refractivity contribution in [1.82, 2.24) is 0 Å². The molecular weight excluding hydrogens is 371 g/mol. The van der Waals surface area contributed by atoms with Crippen LogP contribution in [0.4, 0.5) is 24.5 Å². The van der Waals surface area contributed by atoms with Crippen LogP contribution in [-0.2, 0) is 22.3 Å². The lowest BCUT2D eigenvalue weighted by Crippen LogP contribution is -2.30. The largest absolute Gasteiger partial charge is 0.416 e. The van der Waals surface area contributed by atoms with Crippen LogP contribution in [0.3, 0.4) is 0 Å². The number of hydrogen-bond donors (Lipinski definition) is 3. The Morgan fingerprint density at radius 3 is 2.50 bits per heavy atom. The summed E-state index contributed by atoms with van der Waals surface area (Å²) in [5.41, 5.74) is 6.14. The van der Waals surface area contributed by atoms with Crippen molar-refractivity contribution in [3.63, 3.8) is 0 Å². The van der Waals surface area contributed by atoms with E-state index in [1.54, 1.807) is 0 Å². The van der Waals surface area contributed by atoms with Gasteiger partial charge in [-0.2, -0.15) is 13.2 Å². The minimum atomic E-state index is -4.51. The minimum Gasteiger partial charge on any atom is -0.379 e. The molecule has 1 heterocycles. The molecular formula is C20H22F3N3O2. The molecule has 1 aliphatic heterocycles. The quantitative estimate of drug-likeness (QED) is 0.699. The molecule has 1 aliphatic rings. The summed E-state index contributed by atoms with van der Waals surface area (Å²) in [6, 6.07) is 12.7. The Morgan fingerprint density at radius 1 is 1.11 bits per heavy atom. The number of nitrogens with one attached hydrogen (secondary N) is 2. The number of amides is 1. The van der Waals surface area contributed by atoms with Crippen LogP contribution in [0.1, 0.15) is 24.0 Å². The van der Waals surface area contributed by atoms with Gasteiger partial charge in [0.15, 0.2) is 0 Å². The van der Waals surface area contributed by atoms with E-state index in [2.05, 4.69) is 10.6 Å². The molecule has 2 aromatic carbocycles. The fourth-order valence-electron chi connectivity index (χ4n) is 3.06. The molecule has 2 aromatic rings. The molecule has 150 valence electrons. The third kappa shape index (κ3) is 5.02. The van der Waals surface area contributed by atoms with E-state index in [9.17, 15) is 18.0 Å². The fourth-order valence-corrected chi connectivity index (χ4v) is 3.06. The zero-order valence-electron chi connectivity index (χ0n) is 15.1. The Bertz CT molecular complexity index is 812. The molecule has 0 bridgehead atoms. The van der Waals surface area contributed by atoms with Crippen LogP contribution < -0.4 is 16.4 Å². The Labute approximate surface area is 161 Å². The molecule has 0 unspecified atom stereocenters. The summed E-state index contributed by atoms with van der Waals surface area (Å²) in [4.78, 5) is 12.5. The molecule has 0 saturated carbocycles. The summed E-state index contributed by atoms with van der Waals surface area (Å²) >= 11 is 0. The van der Waals surface area contributed by atoms with Gasteiger partial charge >= 0.3 is 6.18 Å². The fraction of sp³-hybridized carbons (Fsp3) is 0.350.